The number of carbonyl (C=O) groups excluding carboxylic acids is 1. The predicted molar refractivity (Wildman–Crippen MR) is 99.9 cm³/mol. The molecule has 0 radical (unpaired) electrons. The first-order valence-electron chi connectivity index (χ1n) is 8.54. The van der Waals surface area contributed by atoms with E-state index < -0.39 is 0 Å². The number of benzene rings is 2. The van der Waals surface area contributed by atoms with E-state index in [0.717, 1.165) is 28.2 Å². The maximum atomic E-state index is 13.0. The van der Waals surface area contributed by atoms with Gasteiger partial charge in [0.05, 0.1) is 18.3 Å². The number of aryl methyl sites for hydroxylation is 1. The van der Waals surface area contributed by atoms with Gasteiger partial charge in [0.2, 0.25) is 0 Å². The largest absolute Gasteiger partial charge is 0.322 e. The van der Waals surface area contributed by atoms with Crippen molar-refractivity contribution in [2.75, 3.05) is 5.32 Å². The van der Waals surface area contributed by atoms with Crippen LogP contribution in [0.4, 0.5) is 10.5 Å². The van der Waals surface area contributed by atoms with Gasteiger partial charge < -0.3 is 14.8 Å². The third kappa shape index (κ3) is 2.70. The number of nitrogens with zero attached hydrogens (tertiary/aromatic N) is 2. The predicted octanol–water partition coefficient (Wildman–Crippen LogP) is 4.89. The minimum absolute atomic E-state index is 0.0218. The molecule has 0 bridgehead atoms. The summed E-state index contributed by atoms with van der Waals surface area (Å²) in [5.41, 5.74) is 5.31. The number of hydrogen-bond donors (Lipinski definition) is 1. The lowest BCUT2D eigenvalue weighted by Crippen LogP contribution is -2.36. The molecule has 0 saturated heterocycles. The van der Waals surface area contributed by atoms with E-state index in [-0.39, 0.29) is 12.1 Å². The molecule has 0 saturated carbocycles. The van der Waals surface area contributed by atoms with E-state index in [1.54, 1.807) is 0 Å². The lowest BCUT2D eigenvalue weighted by atomic mass is 10.1. The summed E-state index contributed by atoms with van der Waals surface area (Å²) in [6.45, 7) is 4.66. The Hall–Kier alpha value is -3.01. The molecule has 0 unspecified atom stereocenters. The summed E-state index contributed by atoms with van der Waals surface area (Å²) < 4.78 is 2.18. The second kappa shape index (κ2) is 6.13. The van der Waals surface area contributed by atoms with Crippen molar-refractivity contribution >= 4 is 11.7 Å². The monoisotopic (exact) mass is 331 g/mol. The highest BCUT2D eigenvalue weighted by atomic mass is 16.2. The number of carbonyl (C=O) groups is 1. The Kier molecular flexibility index (Phi) is 3.80. The van der Waals surface area contributed by atoms with Gasteiger partial charge in [-0.1, -0.05) is 36.4 Å². The highest BCUT2D eigenvalue weighted by molar-refractivity contribution is 5.90. The van der Waals surface area contributed by atoms with Gasteiger partial charge in [-0.05, 0) is 49.2 Å². The molecule has 0 fully saturated rings. The molecule has 25 heavy (non-hydrogen) atoms. The van der Waals surface area contributed by atoms with Crippen LogP contribution in [0.1, 0.15) is 29.8 Å². The number of amides is 2. The number of fused-ring (bicyclic) bond motifs is 3. The molecule has 0 aliphatic carbocycles. The topological polar surface area (TPSA) is 37.3 Å². The number of urea groups is 1. The summed E-state index contributed by atoms with van der Waals surface area (Å²) in [6.07, 6.45) is 2.06. The second-order valence-corrected chi connectivity index (χ2v) is 6.48. The van der Waals surface area contributed by atoms with Gasteiger partial charge in [-0.3, -0.25) is 0 Å². The minimum Gasteiger partial charge on any atom is -0.318 e. The van der Waals surface area contributed by atoms with Gasteiger partial charge in [0.25, 0.3) is 0 Å². The smallest absolute Gasteiger partial charge is 0.318 e. The van der Waals surface area contributed by atoms with E-state index >= 15 is 0 Å². The van der Waals surface area contributed by atoms with E-state index in [4.69, 9.17) is 0 Å². The SMILES string of the molecule is Cc1ccccc1NC(=O)N1Cc2ccccc2-n2cccc2[C@H]1C. The number of rotatable bonds is 1. The number of hydrogen-bond acceptors (Lipinski definition) is 1. The molecule has 126 valence electrons. The van der Waals surface area contributed by atoms with Crippen LogP contribution >= 0.6 is 0 Å². The highest BCUT2D eigenvalue weighted by Gasteiger charge is 2.28. The normalized spacial score (nSPS) is 15.9. The fraction of sp³-hybridized carbons (Fsp3) is 0.190. The Morgan fingerprint density at radius 1 is 1.04 bits per heavy atom. The van der Waals surface area contributed by atoms with Crippen LogP contribution < -0.4 is 5.32 Å². The summed E-state index contributed by atoms with van der Waals surface area (Å²) in [5.74, 6) is 0. The van der Waals surface area contributed by atoms with Crippen molar-refractivity contribution in [3.63, 3.8) is 0 Å². The lowest BCUT2D eigenvalue weighted by Gasteiger charge is -2.28. The van der Waals surface area contributed by atoms with Gasteiger partial charge in [-0.25, -0.2) is 4.79 Å². The lowest BCUT2D eigenvalue weighted by molar-refractivity contribution is 0.189. The van der Waals surface area contributed by atoms with E-state index in [1.165, 1.54) is 0 Å². The summed E-state index contributed by atoms with van der Waals surface area (Å²) >= 11 is 0. The van der Waals surface area contributed by atoms with Crippen LogP contribution in [0.2, 0.25) is 0 Å². The molecule has 0 spiro atoms. The Morgan fingerprint density at radius 3 is 2.64 bits per heavy atom. The van der Waals surface area contributed by atoms with Gasteiger partial charge in [-0.2, -0.15) is 0 Å². The average Bonchev–Trinajstić information content (AvgIpc) is 3.07. The molecule has 1 aliphatic heterocycles. The third-order valence-corrected chi connectivity index (χ3v) is 4.92. The van der Waals surface area contributed by atoms with Crippen LogP contribution in [0.5, 0.6) is 0 Å². The van der Waals surface area contributed by atoms with Gasteiger partial charge in [0.15, 0.2) is 0 Å². The van der Waals surface area contributed by atoms with Gasteiger partial charge >= 0.3 is 6.03 Å². The highest BCUT2D eigenvalue weighted by Crippen LogP contribution is 2.32. The summed E-state index contributed by atoms with van der Waals surface area (Å²) in [6, 6.07) is 20.1. The van der Waals surface area contributed by atoms with E-state index in [0.29, 0.717) is 6.54 Å². The van der Waals surface area contributed by atoms with Gasteiger partial charge in [0.1, 0.15) is 0 Å². The van der Waals surface area contributed by atoms with Crippen molar-refractivity contribution in [1.82, 2.24) is 9.47 Å². The van der Waals surface area contributed by atoms with Gasteiger partial charge in [0, 0.05) is 17.6 Å². The van der Waals surface area contributed by atoms with Crippen molar-refractivity contribution in [2.24, 2.45) is 0 Å². The van der Waals surface area contributed by atoms with Crippen LogP contribution in [0.3, 0.4) is 0 Å². The molecule has 2 heterocycles. The van der Waals surface area contributed by atoms with Crippen molar-refractivity contribution in [3.8, 4) is 5.69 Å². The molecular formula is C21H21N3O. The van der Waals surface area contributed by atoms with Crippen molar-refractivity contribution in [1.29, 1.82) is 0 Å². The quantitative estimate of drug-likeness (QED) is 0.677. The molecule has 4 heteroatoms. The van der Waals surface area contributed by atoms with Crippen LogP contribution in [0, 0.1) is 6.92 Å². The summed E-state index contributed by atoms with van der Waals surface area (Å²) in [4.78, 5) is 14.9. The van der Waals surface area contributed by atoms with Crippen molar-refractivity contribution in [2.45, 2.75) is 26.4 Å². The van der Waals surface area contributed by atoms with Crippen LogP contribution in [0.15, 0.2) is 66.9 Å². The molecule has 2 aromatic carbocycles. The number of aromatic nitrogens is 1. The van der Waals surface area contributed by atoms with E-state index in [2.05, 4.69) is 41.2 Å². The average molecular weight is 331 g/mol. The fourth-order valence-electron chi connectivity index (χ4n) is 3.46. The number of nitrogens with one attached hydrogen (secondary N) is 1. The molecule has 1 aliphatic rings. The zero-order valence-electron chi connectivity index (χ0n) is 14.4. The third-order valence-electron chi connectivity index (χ3n) is 4.92. The zero-order chi connectivity index (χ0) is 17.4. The van der Waals surface area contributed by atoms with Gasteiger partial charge in [-0.15, -0.1) is 0 Å². The maximum Gasteiger partial charge on any atom is 0.322 e. The second-order valence-electron chi connectivity index (χ2n) is 6.48. The maximum absolute atomic E-state index is 13.0. The van der Waals surface area contributed by atoms with Crippen LogP contribution in [-0.2, 0) is 6.54 Å². The molecule has 4 nitrogen and oxygen atoms in total. The van der Waals surface area contributed by atoms with Crippen molar-refractivity contribution < 1.29 is 4.79 Å². The van der Waals surface area contributed by atoms with Crippen LogP contribution in [0.25, 0.3) is 5.69 Å². The molecule has 1 aromatic heterocycles. The summed E-state index contributed by atoms with van der Waals surface area (Å²) in [5, 5.41) is 3.07. The first-order chi connectivity index (χ1) is 12.1. The minimum atomic E-state index is -0.0775. The standard InChI is InChI=1S/C21H21N3O/c1-15-8-3-5-10-18(15)22-21(25)24-14-17-9-4-6-11-20(17)23-13-7-12-19(23)16(24)2/h3-13,16H,14H2,1-2H3,(H,22,25)/t16-/m1/s1. The van der Waals surface area contributed by atoms with Crippen molar-refractivity contribution in [3.05, 3.63) is 83.7 Å². The Labute approximate surface area is 147 Å². The zero-order valence-corrected chi connectivity index (χ0v) is 14.4. The number of para-hydroxylation sites is 2. The summed E-state index contributed by atoms with van der Waals surface area (Å²) in [7, 11) is 0. The molecular weight excluding hydrogens is 310 g/mol. The molecule has 1 N–H and O–H groups in total. The molecule has 4 rings (SSSR count). The Bertz CT molecular complexity index is 928. The number of anilines is 1. The van der Waals surface area contributed by atoms with E-state index in [9.17, 15) is 4.79 Å². The molecule has 3 aromatic rings. The Morgan fingerprint density at radius 2 is 1.80 bits per heavy atom. The fourth-order valence-corrected chi connectivity index (χ4v) is 3.46. The molecule has 1 atom stereocenters. The first kappa shape index (κ1) is 15.5. The van der Waals surface area contributed by atoms with Crippen LogP contribution in [-0.4, -0.2) is 15.5 Å². The Balaban J connectivity index is 1.71. The van der Waals surface area contributed by atoms with E-state index in [1.807, 2.05) is 54.3 Å². The molecule has 2 amide bonds. The first-order valence-corrected chi connectivity index (χ1v) is 8.54.